The van der Waals surface area contributed by atoms with Gasteiger partial charge in [0.25, 0.3) is 0 Å². The van der Waals surface area contributed by atoms with Crippen molar-refractivity contribution in [1.82, 2.24) is 29.5 Å². The molecule has 3 aromatic heterocycles. The maximum atomic E-state index is 4.71. The Morgan fingerprint density at radius 3 is 3.00 bits per heavy atom. The first-order valence-electron chi connectivity index (χ1n) is 7.80. The number of imidazole rings is 1. The number of likely N-dealkylation sites (tertiary alicyclic amines) is 1. The van der Waals surface area contributed by atoms with Gasteiger partial charge in [-0.2, -0.15) is 5.10 Å². The molecule has 0 bridgehead atoms. The first kappa shape index (κ1) is 12.8. The highest BCUT2D eigenvalue weighted by Gasteiger charge is 2.30. The van der Waals surface area contributed by atoms with Gasteiger partial charge in [0.05, 0.1) is 11.0 Å². The van der Waals surface area contributed by atoms with E-state index in [9.17, 15) is 0 Å². The minimum Gasteiger partial charge on any atom is -0.342 e. The molecule has 1 aliphatic rings. The molecule has 0 unspecified atom stereocenters. The third-order valence-electron chi connectivity index (χ3n) is 4.50. The van der Waals surface area contributed by atoms with Crippen LogP contribution in [0.25, 0.3) is 16.7 Å². The highest BCUT2D eigenvalue weighted by molar-refractivity contribution is 5.74. The van der Waals surface area contributed by atoms with E-state index in [1.54, 1.807) is 10.8 Å². The Balaban J connectivity index is 1.28. The molecule has 1 aliphatic heterocycles. The summed E-state index contributed by atoms with van der Waals surface area (Å²) in [5, 5.41) is 4.13. The zero-order valence-corrected chi connectivity index (χ0v) is 12.6. The largest absolute Gasteiger partial charge is 0.342 e. The van der Waals surface area contributed by atoms with Gasteiger partial charge in [0.2, 0.25) is 0 Å². The summed E-state index contributed by atoms with van der Waals surface area (Å²) in [5.74, 6) is 1.61. The summed E-state index contributed by atoms with van der Waals surface area (Å²) >= 11 is 0. The van der Waals surface area contributed by atoms with Gasteiger partial charge in [0.15, 0.2) is 5.65 Å². The lowest BCUT2D eigenvalue weighted by Gasteiger charge is -2.38. The Bertz CT molecular complexity index is 946. The van der Waals surface area contributed by atoms with Crippen LogP contribution in [-0.2, 0) is 6.54 Å². The molecule has 23 heavy (non-hydrogen) atoms. The van der Waals surface area contributed by atoms with Crippen LogP contribution in [0.15, 0.2) is 48.9 Å². The molecular weight excluding hydrogens is 288 g/mol. The Labute approximate surface area is 132 Å². The van der Waals surface area contributed by atoms with E-state index in [1.807, 2.05) is 18.3 Å². The normalized spacial score (nSPS) is 16.2. The van der Waals surface area contributed by atoms with Crippen LogP contribution < -0.4 is 0 Å². The highest BCUT2D eigenvalue weighted by atomic mass is 15.3. The number of hydrogen-bond donors (Lipinski definition) is 1. The van der Waals surface area contributed by atoms with Gasteiger partial charge in [-0.25, -0.2) is 14.5 Å². The van der Waals surface area contributed by atoms with E-state index in [-0.39, 0.29) is 0 Å². The third kappa shape index (κ3) is 2.19. The van der Waals surface area contributed by atoms with Crippen molar-refractivity contribution in [2.45, 2.75) is 12.5 Å². The number of nitrogens with zero attached hydrogens (tertiary/aromatic N) is 5. The number of benzene rings is 1. The van der Waals surface area contributed by atoms with Crippen LogP contribution in [0.2, 0.25) is 0 Å². The number of rotatable bonds is 3. The van der Waals surface area contributed by atoms with E-state index >= 15 is 0 Å². The molecule has 0 amide bonds. The minimum absolute atomic E-state index is 0.499. The summed E-state index contributed by atoms with van der Waals surface area (Å²) in [6, 6.07) is 12.4. The lowest BCUT2D eigenvalue weighted by molar-refractivity contribution is 0.135. The number of aromatic amines is 1. The second kappa shape index (κ2) is 4.89. The number of aromatic nitrogens is 5. The van der Waals surface area contributed by atoms with Gasteiger partial charge in [0, 0.05) is 31.7 Å². The van der Waals surface area contributed by atoms with Gasteiger partial charge in [0.1, 0.15) is 12.2 Å². The third-order valence-corrected chi connectivity index (χ3v) is 4.50. The molecule has 1 N–H and O–H groups in total. The van der Waals surface area contributed by atoms with Crippen molar-refractivity contribution < 1.29 is 0 Å². The first-order chi connectivity index (χ1) is 11.3. The number of fused-ring (bicyclic) bond motifs is 2. The van der Waals surface area contributed by atoms with E-state index in [4.69, 9.17) is 4.98 Å². The van der Waals surface area contributed by atoms with Crippen LogP contribution in [0.1, 0.15) is 17.3 Å². The molecule has 0 saturated carbocycles. The molecule has 0 radical (unpaired) electrons. The fourth-order valence-electron chi connectivity index (χ4n) is 3.25. The number of H-pyrrole nitrogens is 1. The van der Waals surface area contributed by atoms with E-state index < -0.39 is 0 Å². The fraction of sp³-hybridized carbons (Fsp3) is 0.235. The lowest BCUT2D eigenvalue weighted by atomic mass is 9.99. The first-order valence-corrected chi connectivity index (χ1v) is 7.80. The predicted octanol–water partition coefficient (Wildman–Crippen LogP) is 2.21. The lowest BCUT2D eigenvalue weighted by Crippen LogP contribution is -2.44. The zero-order chi connectivity index (χ0) is 15.2. The van der Waals surface area contributed by atoms with Crippen LogP contribution in [-0.4, -0.2) is 42.6 Å². The number of hydrogen-bond acceptors (Lipinski definition) is 4. The Morgan fingerprint density at radius 1 is 1.17 bits per heavy atom. The molecule has 0 atom stereocenters. The maximum Gasteiger partial charge on any atom is 0.155 e. The minimum atomic E-state index is 0.499. The van der Waals surface area contributed by atoms with Gasteiger partial charge < -0.3 is 4.98 Å². The van der Waals surface area contributed by atoms with Crippen molar-refractivity contribution in [2.75, 3.05) is 13.1 Å². The van der Waals surface area contributed by atoms with E-state index in [0.717, 1.165) is 42.1 Å². The molecule has 4 aromatic rings. The quantitative estimate of drug-likeness (QED) is 0.630. The van der Waals surface area contributed by atoms with Gasteiger partial charge in [-0.05, 0) is 29.8 Å². The smallest absolute Gasteiger partial charge is 0.155 e. The highest BCUT2D eigenvalue weighted by Crippen LogP contribution is 2.28. The Morgan fingerprint density at radius 2 is 2.09 bits per heavy atom. The average Bonchev–Trinajstić information content (AvgIpc) is 3.15. The summed E-state index contributed by atoms with van der Waals surface area (Å²) in [7, 11) is 0. The second-order valence-electron chi connectivity index (χ2n) is 6.13. The van der Waals surface area contributed by atoms with Crippen molar-refractivity contribution in [1.29, 1.82) is 0 Å². The molecule has 0 aliphatic carbocycles. The summed E-state index contributed by atoms with van der Waals surface area (Å²) in [4.78, 5) is 14.8. The molecule has 1 aromatic carbocycles. The Kier molecular flexibility index (Phi) is 2.72. The molecule has 1 fully saturated rings. The van der Waals surface area contributed by atoms with Crippen LogP contribution in [0.4, 0.5) is 0 Å². The van der Waals surface area contributed by atoms with Crippen molar-refractivity contribution in [2.24, 2.45) is 0 Å². The number of nitrogens with one attached hydrogen (secondary N) is 1. The summed E-state index contributed by atoms with van der Waals surface area (Å²) in [6.45, 7) is 3.02. The molecular formula is C17H16N6. The van der Waals surface area contributed by atoms with E-state index in [0.29, 0.717) is 5.92 Å². The predicted molar refractivity (Wildman–Crippen MR) is 87.1 cm³/mol. The van der Waals surface area contributed by atoms with E-state index in [1.165, 1.54) is 5.56 Å². The van der Waals surface area contributed by atoms with Crippen LogP contribution in [0, 0.1) is 0 Å². The van der Waals surface area contributed by atoms with Crippen LogP contribution >= 0.6 is 0 Å². The molecule has 1 saturated heterocycles. The molecule has 6 nitrogen and oxygen atoms in total. The van der Waals surface area contributed by atoms with E-state index in [2.05, 4.69) is 44.2 Å². The maximum absolute atomic E-state index is 4.71. The monoisotopic (exact) mass is 304 g/mol. The molecule has 114 valence electrons. The SMILES string of the molecule is c1ccc2[nH]c(C3CN(Cc4ccn5ncnc5c4)C3)nc2c1. The van der Waals surface area contributed by atoms with Gasteiger partial charge in [-0.15, -0.1) is 0 Å². The summed E-state index contributed by atoms with van der Waals surface area (Å²) in [5.41, 5.74) is 4.35. The second-order valence-corrected chi connectivity index (χ2v) is 6.13. The fourth-order valence-corrected chi connectivity index (χ4v) is 3.25. The van der Waals surface area contributed by atoms with Crippen molar-refractivity contribution in [3.63, 3.8) is 0 Å². The van der Waals surface area contributed by atoms with Crippen LogP contribution in [0.3, 0.4) is 0 Å². The summed E-state index contributed by atoms with van der Waals surface area (Å²) in [6.07, 6.45) is 3.55. The molecule has 6 heteroatoms. The topological polar surface area (TPSA) is 62.1 Å². The molecule has 0 spiro atoms. The zero-order valence-electron chi connectivity index (χ0n) is 12.6. The Hall–Kier alpha value is -2.73. The van der Waals surface area contributed by atoms with Gasteiger partial charge in [-0.1, -0.05) is 12.1 Å². The average molecular weight is 304 g/mol. The van der Waals surface area contributed by atoms with Gasteiger partial charge >= 0.3 is 0 Å². The molecule has 4 heterocycles. The van der Waals surface area contributed by atoms with Crippen molar-refractivity contribution in [3.8, 4) is 0 Å². The number of pyridine rings is 1. The van der Waals surface area contributed by atoms with Crippen LogP contribution in [0.5, 0.6) is 0 Å². The molecule has 5 rings (SSSR count). The summed E-state index contributed by atoms with van der Waals surface area (Å²) < 4.78 is 1.79. The van der Waals surface area contributed by atoms with Gasteiger partial charge in [-0.3, -0.25) is 4.90 Å². The standard InChI is InChI=1S/C17H16N6/c1-2-4-15-14(3-1)20-17(21-15)13-9-22(10-13)8-12-5-6-23-16(7-12)18-11-19-23/h1-7,11,13H,8-10H2,(H,20,21). The number of para-hydroxylation sites is 2. The van der Waals surface area contributed by atoms with Crippen molar-refractivity contribution >= 4 is 16.7 Å². The van der Waals surface area contributed by atoms with Crippen molar-refractivity contribution in [3.05, 3.63) is 60.3 Å².